The van der Waals surface area contributed by atoms with E-state index >= 15 is 0 Å². The highest BCUT2D eigenvalue weighted by Crippen LogP contribution is 2.40. The van der Waals surface area contributed by atoms with Crippen LogP contribution in [-0.2, 0) is 4.74 Å². The molecule has 0 radical (unpaired) electrons. The van der Waals surface area contributed by atoms with Gasteiger partial charge < -0.3 is 15.5 Å². The van der Waals surface area contributed by atoms with E-state index in [0.29, 0.717) is 30.1 Å². The lowest BCUT2D eigenvalue weighted by molar-refractivity contribution is 0.0673. The van der Waals surface area contributed by atoms with Crippen molar-refractivity contribution in [2.75, 3.05) is 13.2 Å². The van der Waals surface area contributed by atoms with Crippen LogP contribution in [0.5, 0.6) is 0 Å². The zero-order valence-electron chi connectivity index (χ0n) is 12.8. The van der Waals surface area contributed by atoms with Crippen LogP contribution in [0.3, 0.4) is 0 Å². The Balaban J connectivity index is 1.76. The van der Waals surface area contributed by atoms with Crippen LogP contribution in [-0.4, -0.2) is 38.8 Å². The van der Waals surface area contributed by atoms with Crippen LogP contribution in [0.25, 0.3) is 11.0 Å². The highest BCUT2D eigenvalue weighted by molar-refractivity contribution is 5.81. The molecule has 2 atom stereocenters. The lowest BCUT2D eigenvalue weighted by Crippen LogP contribution is -2.37. The molecule has 2 aliphatic rings. The Bertz CT molecular complexity index is 804. The summed E-state index contributed by atoms with van der Waals surface area (Å²) in [7, 11) is 0. The molecule has 1 saturated heterocycles. The Kier molecular flexibility index (Phi) is 3.41. The van der Waals surface area contributed by atoms with Gasteiger partial charge in [-0.2, -0.15) is 5.10 Å². The average Bonchev–Trinajstić information content (AvgIpc) is 2.91. The summed E-state index contributed by atoms with van der Waals surface area (Å²) in [5.41, 5.74) is 6.10. The number of fused-ring (bicyclic) bond motifs is 1. The van der Waals surface area contributed by atoms with Crippen molar-refractivity contribution in [3.63, 3.8) is 0 Å². The van der Waals surface area contributed by atoms with Gasteiger partial charge in [0.05, 0.1) is 18.1 Å². The number of H-pyrrole nitrogens is 1. The first-order valence-corrected chi connectivity index (χ1v) is 8.04. The quantitative estimate of drug-likeness (QED) is 0.573. The Morgan fingerprint density at radius 3 is 2.78 bits per heavy atom. The maximum Gasteiger partial charge on any atom is 0.262 e. The van der Waals surface area contributed by atoms with Gasteiger partial charge in [0.1, 0.15) is 11.2 Å². The minimum Gasteiger partial charge on any atom is -0.387 e. The third-order valence-electron chi connectivity index (χ3n) is 5.04. The molecule has 23 heavy (non-hydrogen) atoms. The van der Waals surface area contributed by atoms with E-state index in [4.69, 9.17) is 15.9 Å². The predicted molar refractivity (Wildman–Crippen MR) is 84.6 cm³/mol. The summed E-state index contributed by atoms with van der Waals surface area (Å²) in [6.07, 6.45) is 5.11. The van der Waals surface area contributed by atoms with Crippen LogP contribution >= 0.6 is 0 Å². The Hall–Kier alpha value is -2.22. The number of rotatable bonds is 3. The molecule has 2 aromatic rings. The van der Waals surface area contributed by atoms with Crippen LogP contribution < -0.4 is 11.3 Å². The van der Waals surface area contributed by atoms with Gasteiger partial charge in [0.25, 0.3) is 5.56 Å². The molecule has 0 spiro atoms. The van der Waals surface area contributed by atoms with Crippen molar-refractivity contribution in [3.8, 4) is 0 Å². The number of ether oxygens (including phenoxy) is 1. The molecule has 4 rings (SSSR count). The minimum absolute atomic E-state index is 0.0185. The third-order valence-corrected chi connectivity index (χ3v) is 5.04. The van der Waals surface area contributed by atoms with Crippen LogP contribution in [0.15, 0.2) is 11.0 Å². The molecule has 8 heteroatoms. The molecule has 0 bridgehead atoms. The van der Waals surface area contributed by atoms with Crippen molar-refractivity contribution >= 4 is 16.9 Å². The van der Waals surface area contributed by atoms with E-state index in [-0.39, 0.29) is 29.3 Å². The molecule has 0 aromatic carbocycles. The summed E-state index contributed by atoms with van der Waals surface area (Å²) in [4.78, 5) is 19.9. The predicted octanol–water partition coefficient (Wildman–Crippen LogP) is 0.901. The number of nitrogens with zero attached hydrogens (tertiary/aromatic N) is 3. The van der Waals surface area contributed by atoms with Crippen LogP contribution in [0.1, 0.15) is 43.5 Å². The molecule has 1 saturated carbocycles. The molecule has 0 unspecified atom stereocenters. The number of nitrogens with one attached hydrogen (secondary N) is 2. The molecule has 0 amide bonds. The topological polar surface area (TPSA) is 123 Å². The summed E-state index contributed by atoms with van der Waals surface area (Å²) in [6.45, 7) is 1.41. The molecule has 3 heterocycles. The molecule has 122 valence electrons. The van der Waals surface area contributed by atoms with Crippen molar-refractivity contribution < 1.29 is 4.74 Å². The number of aromatic nitrogens is 4. The molecule has 2 fully saturated rings. The van der Waals surface area contributed by atoms with Gasteiger partial charge in [0.2, 0.25) is 0 Å². The zero-order chi connectivity index (χ0) is 16.0. The van der Waals surface area contributed by atoms with E-state index < -0.39 is 0 Å². The summed E-state index contributed by atoms with van der Waals surface area (Å²) in [5.74, 6) is 0.808. The SMILES string of the molecule is N=C(N)[C@@H]1CC[C@H]1c1nc2c(cnn2C2CCOCC2)c(=O)[nH]1. The zero-order valence-corrected chi connectivity index (χ0v) is 12.8. The van der Waals surface area contributed by atoms with Crippen molar-refractivity contribution in [1.29, 1.82) is 5.41 Å². The van der Waals surface area contributed by atoms with Gasteiger partial charge in [-0.05, 0) is 25.7 Å². The lowest BCUT2D eigenvalue weighted by Gasteiger charge is -2.34. The van der Waals surface area contributed by atoms with Crippen LogP contribution in [0.2, 0.25) is 0 Å². The van der Waals surface area contributed by atoms with Crippen LogP contribution in [0, 0.1) is 11.3 Å². The fraction of sp³-hybridized carbons (Fsp3) is 0.600. The van der Waals surface area contributed by atoms with Crippen LogP contribution in [0.4, 0.5) is 0 Å². The molecule has 1 aliphatic carbocycles. The smallest absolute Gasteiger partial charge is 0.262 e. The standard InChI is InChI=1S/C15H20N6O2/c16-12(17)9-1-2-10(9)13-19-14-11(15(22)20-13)7-18-21(14)8-3-5-23-6-4-8/h7-10H,1-6H2,(H3,16,17)(H,19,20,22)/t9-,10-/m1/s1. The van der Waals surface area contributed by atoms with E-state index in [1.165, 1.54) is 0 Å². The Morgan fingerprint density at radius 1 is 1.35 bits per heavy atom. The van der Waals surface area contributed by atoms with E-state index in [9.17, 15) is 4.79 Å². The Labute approximate surface area is 132 Å². The highest BCUT2D eigenvalue weighted by Gasteiger charge is 2.36. The van der Waals surface area contributed by atoms with Crippen molar-refractivity contribution in [2.24, 2.45) is 11.7 Å². The van der Waals surface area contributed by atoms with Gasteiger partial charge in [-0.15, -0.1) is 0 Å². The van der Waals surface area contributed by atoms with Crippen molar-refractivity contribution in [3.05, 3.63) is 22.4 Å². The normalized spacial score (nSPS) is 25.4. The maximum atomic E-state index is 12.4. The van der Waals surface area contributed by atoms with Gasteiger partial charge >= 0.3 is 0 Å². The third kappa shape index (κ3) is 2.33. The number of hydrogen-bond donors (Lipinski definition) is 3. The molecular formula is C15H20N6O2. The lowest BCUT2D eigenvalue weighted by atomic mass is 9.72. The average molecular weight is 316 g/mol. The van der Waals surface area contributed by atoms with E-state index in [2.05, 4.69) is 15.1 Å². The first kappa shape index (κ1) is 14.4. The van der Waals surface area contributed by atoms with E-state index in [0.717, 1.165) is 25.7 Å². The largest absolute Gasteiger partial charge is 0.387 e. The monoisotopic (exact) mass is 316 g/mol. The molecule has 2 aromatic heterocycles. The second-order valence-corrected chi connectivity index (χ2v) is 6.37. The number of aromatic amines is 1. The number of amidine groups is 1. The van der Waals surface area contributed by atoms with Crippen molar-refractivity contribution in [1.82, 2.24) is 19.7 Å². The van der Waals surface area contributed by atoms with Gasteiger partial charge in [-0.25, -0.2) is 9.67 Å². The van der Waals surface area contributed by atoms with Crippen molar-refractivity contribution in [2.45, 2.75) is 37.6 Å². The summed E-state index contributed by atoms with van der Waals surface area (Å²) in [5, 5.41) is 12.5. The fourth-order valence-electron chi connectivity index (χ4n) is 3.53. The summed E-state index contributed by atoms with van der Waals surface area (Å²) in [6, 6.07) is 0.216. The van der Waals surface area contributed by atoms with E-state index in [1.807, 2.05) is 4.68 Å². The Morgan fingerprint density at radius 2 is 2.13 bits per heavy atom. The molecule has 1 aliphatic heterocycles. The summed E-state index contributed by atoms with van der Waals surface area (Å²) < 4.78 is 7.25. The molecule has 8 nitrogen and oxygen atoms in total. The fourth-order valence-corrected chi connectivity index (χ4v) is 3.53. The van der Waals surface area contributed by atoms with Gasteiger partial charge in [0, 0.05) is 25.0 Å². The van der Waals surface area contributed by atoms with Gasteiger partial charge in [0.15, 0.2) is 5.65 Å². The first-order chi connectivity index (χ1) is 11.1. The molecular weight excluding hydrogens is 296 g/mol. The number of hydrogen-bond acceptors (Lipinski definition) is 5. The van der Waals surface area contributed by atoms with Gasteiger partial charge in [-0.3, -0.25) is 10.2 Å². The molecule has 4 N–H and O–H groups in total. The maximum absolute atomic E-state index is 12.4. The summed E-state index contributed by atoms with van der Waals surface area (Å²) >= 11 is 0. The second-order valence-electron chi connectivity index (χ2n) is 6.37. The first-order valence-electron chi connectivity index (χ1n) is 8.04. The number of nitrogens with two attached hydrogens (primary N) is 1. The minimum atomic E-state index is -0.169. The second kappa shape index (κ2) is 5.45. The van der Waals surface area contributed by atoms with E-state index in [1.54, 1.807) is 6.20 Å². The van der Waals surface area contributed by atoms with Gasteiger partial charge in [-0.1, -0.05) is 0 Å². The highest BCUT2D eigenvalue weighted by atomic mass is 16.5.